The standard InChI is InChI=1S/C13H8FN3O/c14-10-3-1-8(2-4-10)12-9(5-15)7-18-13(17)11(12)6-16/h1-4,7,12H,17H2. The molecule has 1 aliphatic heterocycles. The molecule has 1 atom stereocenters. The average Bonchev–Trinajstić information content (AvgIpc) is 2.39. The van der Waals surface area contributed by atoms with Gasteiger partial charge in [0.2, 0.25) is 5.88 Å². The Morgan fingerprint density at radius 1 is 1.17 bits per heavy atom. The van der Waals surface area contributed by atoms with Crippen molar-refractivity contribution in [2.45, 2.75) is 5.92 Å². The van der Waals surface area contributed by atoms with Gasteiger partial charge in [-0.15, -0.1) is 0 Å². The minimum absolute atomic E-state index is 0.0363. The molecule has 1 aliphatic rings. The highest BCUT2D eigenvalue weighted by Gasteiger charge is 2.28. The van der Waals surface area contributed by atoms with Crippen molar-refractivity contribution in [3.63, 3.8) is 0 Å². The molecular formula is C13H8FN3O. The summed E-state index contributed by atoms with van der Waals surface area (Å²) in [7, 11) is 0. The second-order valence-electron chi connectivity index (χ2n) is 3.68. The lowest BCUT2D eigenvalue weighted by molar-refractivity contribution is 0.326. The summed E-state index contributed by atoms with van der Waals surface area (Å²) < 4.78 is 17.8. The van der Waals surface area contributed by atoms with Gasteiger partial charge in [0.25, 0.3) is 0 Å². The highest BCUT2D eigenvalue weighted by atomic mass is 19.1. The van der Waals surface area contributed by atoms with E-state index in [0.717, 1.165) is 0 Å². The number of hydrogen-bond acceptors (Lipinski definition) is 4. The van der Waals surface area contributed by atoms with E-state index in [0.29, 0.717) is 5.56 Å². The Morgan fingerprint density at radius 3 is 2.39 bits per heavy atom. The molecule has 1 aromatic carbocycles. The fraction of sp³-hybridized carbons (Fsp3) is 0.0769. The average molecular weight is 241 g/mol. The molecule has 1 aromatic rings. The molecule has 0 saturated carbocycles. The molecule has 2 rings (SSSR count). The van der Waals surface area contributed by atoms with Crippen molar-refractivity contribution in [2.24, 2.45) is 5.73 Å². The molecule has 18 heavy (non-hydrogen) atoms. The fourth-order valence-electron chi connectivity index (χ4n) is 1.77. The van der Waals surface area contributed by atoms with E-state index in [1.807, 2.05) is 12.1 Å². The van der Waals surface area contributed by atoms with E-state index in [-0.39, 0.29) is 22.8 Å². The number of nitrogens with zero attached hydrogens (tertiary/aromatic N) is 2. The van der Waals surface area contributed by atoms with Gasteiger partial charge in [-0.05, 0) is 17.7 Å². The maximum atomic E-state index is 12.9. The van der Waals surface area contributed by atoms with E-state index in [1.54, 1.807) is 0 Å². The third kappa shape index (κ3) is 1.90. The summed E-state index contributed by atoms with van der Waals surface area (Å²) in [6.45, 7) is 0. The van der Waals surface area contributed by atoms with Crippen LogP contribution in [0.2, 0.25) is 0 Å². The van der Waals surface area contributed by atoms with Crippen LogP contribution in [0.3, 0.4) is 0 Å². The van der Waals surface area contributed by atoms with Crippen LogP contribution in [-0.4, -0.2) is 0 Å². The van der Waals surface area contributed by atoms with Crippen LogP contribution in [0.4, 0.5) is 4.39 Å². The van der Waals surface area contributed by atoms with E-state index < -0.39 is 5.92 Å². The van der Waals surface area contributed by atoms with Crippen LogP contribution in [-0.2, 0) is 4.74 Å². The van der Waals surface area contributed by atoms with E-state index in [9.17, 15) is 4.39 Å². The lowest BCUT2D eigenvalue weighted by atomic mass is 9.85. The molecule has 4 nitrogen and oxygen atoms in total. The second kappa shape index (κ2) is 4.60. The number of nitrogens with two attached hydrogens (primary N) is 1. The topological polar surface area (TPSA) is 82.8 Å². The molecule has 0 spiro atoms. The third-order valence-corrected chi connectivity index (χ3v) is 2.63. The minimum atomic E-state index is -0.602. The van der Waals surface area contributed by atoms with Gasteiger partial charge in [-0.2, -0.15) is 10.5 Å². The van der Waals surface area contributed by atoms with E-state index in [4.69, 9.17) is 21.0 Å². The van der Waals surface area contributed by atoms with Crippen LogP contribution < -0.4 is 5.73 Å². The molecule has 0 saturated heterocycles. The van der Waals surface area contributed by atoms with Crippen LogP contribution in [0.15, 0.2) is 47.6 Å². The lowest BCUT2D eigenvalue weighted by Gasteiger charge is -2.21. The fourth-order valence-corrected chi connectivity index (χ4v) is 1.77. The van der Waals surface area contributed by atoms with Gasteiger partial charge < -0.3 is 10.5 Å². The number of benzene rings is 1. The number of allylic oxidation sites excluding steroid dienone is 2. The van der Waals surface area contributed by atoms with Crippen LogP contribution in [0.25, 0.3) is 0 Å². The normalized spacial score (nSPS) is 18.4. The van der Waals surface area contributed by atoms with Crippen LogP contribution in [0.1, 0.15) is 11.5 Å². The zero-order valence-corrected chi connectivity index (χ0v) is 9.22. The molecule has 0 bridgehead atoms. The van der Waals surface area contributed by atoms with Crippen LogP contribution >= 0.6 is 0 Å². The molecule has 0 aliphatic carbocycles. The molecule has 2 N–H and O–H groups in total. The van der Waals surface area contributed by atoms with Crippen molar-refractivity contribution in [3.05, 3.63) is 58.9 Å². The number of rotatable bonds is 1. The van der Waals surface area contributed by atoms with Gasteiger partial charge in [0, 0.05) is 0 Å². The first-order valence-electron chi connectivity index (χ1n) is 5.09. The van der Waals surface area contributed by atoms with Crippen LogP contribution in [0.5, 0.6) is 0 Å². The van der Waals surface area contributed by atoms with Crippen molar-refractivity contribution < 1.29 is 9.13 Å². The summed E-state index contributed by atoms with van der Waals surface area (Å²) >= 11 is 0. The minimum Gasteiger partial charge on any atom is -0.447 e. The Balaban J connectivity index is 2.54. The van der Waals surface area contributed by atoms with Crippen molar-refractivity contribution in [2.75, 3.05) is 0 Å². The Labute approximate surface area is 103 Å². The first-order chi connectivity index (χ1) is 8.67. The third-order valence-electron chi connectivity index (χ3n) is 2.63. The molecule has 5 heteroatoms. The molecule has 0 aromatic heterocycles. The van der Waals surface area contributed by atoms with E-state index in [1.165, 1.54) is 30.5 Å². The Bertz CT molecular complexity index is 617. The molecule has 1 heterocycles. The summed E-state index contributed by atoms with van der Waals surface area (Å²) in [6.07, 6.45) is 1.21. The molecule has 88 valence electrons. The largest absolute Gasteiger partial charge is 0.447 e. The van der Waals surface area contributed by atoms with Gasteiger partial charge in [0.1, 0.15) is 23.7 Å². The number of halogens is 1. The van der Waals surface area contributed by atoms with Gasteiger partial charge in [0.05, 0.1) is 17.6 Å². The van der Waals surface area contributed by atoms with E-state index >= 15 is 0 Å². The maximum absolute atomic E-state index is 12.9. The molecule has 1 unspecified atom stereocenters. The Hall–Kier alpha value is -2.79. The molecular weight excluding hydrogens is 233 g/mol. The summed E-state index contributed by atoms with van der Waals surface area (Å²) in [5, 5.41) is 18.1. The summed E-state index contributed by atoms with van der Waals surface area (Å²) in [5.74, 6) is -1.02. The SMILES string of the molecule is N#CC1=COC(N)=C(C#N)C1c1ccc(F)cc1. The highest BCUT2D eigenvalue weighted by Crippen LogP contribution is 2.35. The Morgan fingerprint density at radius 2 is 1.83 bits per heavy atom. The molecule has 0 amide bonds. The smallest absolute Gasteiger partial charge is 0.204 e. The molecule has 0 fully saturated rings. The lowest BCUT2D eigenvalue weighted by Crippen LogP contribution is -2.16. The van der Waals surface area contributed by atoms with Crippen molar-refractivity contribution in [3.8, 4) is 12.1 Å². The van der Waals surface area contributed by atoms with Crippen LogP contribution in [0, 0.1) is 28.5 Å². The van der Waals surface area contributed by atoms with Crippen molar-refractivity contribution in [1.82, 2.24) is 0 Å². The zero-order chi connectivity index (χ0) is 13.1. The second-order valence-corrected chi connectivity index (χ2v) is 3.68. The predicted octanol–water partition coefficient (Wildman–Crippen LogP) is 2.04. The first-order valence-corrected chi connectivity index (χ1v) is 5.09. The monoisotopic (exact) mass is 241 g/mol. The predicted molar refractivity (Wildman–Crippen MR) is 60.7 cm³/mol. The number of hydrogen-bond donors (Lipinski definition) is 1. The maximum Gasteiger partial charge on any atom is 0.204 e. The highest BCUT2D eigenvalue weighted by molar-refractivity contribution is 5.51. The van der Waals surface area contributed by atoms with Gasteiger partial charge in [-0.3, -0.25) is 0 Å². The van der Waals surface area contributed by atoms with Crippen molar-refractivity contribution in [1.29, 1.82) is 10.5 Å². The van der Waals surface area contributed by atoms with E-state index in [2.05, 4.69) is 0 Å². The van der Waals surface area contributed by atoms with Gasteiger partial charge >= 0.3 is 0 Å². The van der Waals surface area contributed by atoms with Gasteiger partial charge in [-0.1, -0.05) is 12.1 Å². The summed E-state index contributed by atoms with van der Waals surface area (Å²) in [4.78, 5) is 0. The first kappa shape index (κ1) is 11.7. The summed E-state index contributed by atoms with van der Waals surface area (Å²) in [5.41, 5.74) is 6.60. The van der Waals surface area contributed by atoms with Gasteiger partial charge in [-0.25, -0.2) is 4.39 Å². The molecule has 0 radical (unpaired) electrons. The quantitative estimate of drug-likeness (QED) is 0.815. The van der Waals surface area contributed by atoms with Gasteiger partial charge in [0.15, 0.2) is 0 Å². The Kier molecular flexibility index (Phi) is 2.99. The zero-order valence-electron chi connectivity index (χ0n) is 9.22. The number of nitriles is 2. The summed E-state index contributed by atoms with van der Waals surface area (Å²) in [6, 6.07) is 9.45. The number of ether oxygens (including phenoxy) is 1. The van der Waals surface area contributed by atoms with Crippen molar-refractivity contribution >= 4 is 0 Å².